The van der Waals surface area contributed by atoms with E-state index in [0.29, 0.717) is 5.75 Å². The molecule has 1 fully saturated rings. The van der Waals surface area contributed by atoms with Gasteiger partial charge < -0.3 is 14.8 Å². The van der Waals surface area contributed by atoms with E-state index in [0.717, 1.165) is 29.6 Å². The number of rotatable bonds is 6. The second-order valence-corrected chi connectivity index (χ2v) is 7.81. The number of anilines is 2. The lowest BCUT2D eigenvalue weighted by Gasteiger charge is -2.25. The molecule has 6 nitrogen and oxygen atoms in total. The normalized spacial score (nSPS) is 15.1. The Morgan fingerprint density at radius 2 is 1.92 bits per heavy atom. The molecule has 1 amide bonds. The van der Waals surface area contributed by atoms with Crippen LogP contribution >= 0.6 is 11.8 Å². The van der Waals surface area contributed by atoms with Crippen molar-refractivity contribution in [2.75, 3.05) is 29.1 Å². The summed E-state index contributed by atoms with van der Waals surface area (Å²) in [5.74, 6) is 0.301. The molecule has 7 heteroatoms. The zero-order chi connectivity index (χ0) is 18.4. The molecular weight excluding hydrogens is 346 g/mol. The first-order valence-corrected chi connectivity index (χ1v) is 10.3. The summed E-state index contributed by atoms with van der Waals surface area (Å²) in [6.07, 6.45) is 6.71. The first-order chi connectivity index (χ1) is 12.6. The predicted octanol–water partition coefficient (Wildman–Crippen LogP) is 3.97. The number of carbonyl (C=O) groups is 1. The van der Waals surface area contributed by atoms with Crippen molar-refractivity contribution >= 4 is 29.0 Å². The molecule has 0 unspecified atom stereocenters. The number of para-hydroxylation sites is 2. The van der Waals surface area contributed by atoms with E-state index in [1.165, 1.54) is 37.4 Å². The molecule has 0 bridgehead atoms. The number of carbonyl (C=O) groups excluding carboxylic acids is 1. The van der Waals surface area contributed by atoms with E-state index in [-0.39, 0.29) is 11.9 Å². The largest absolute Gasteiger partial charge is 0.370 e. The standard InChI is InChI=1S/C19H27N5OS/c1-15(2)24-14-20-22-19(24)26-13-18(25)21-16-9-5-6-10-17(16)23-11-7-3-4-8-12-23/h5-6,9-10,14-15H,3-4,7-8,11-13H2,1-2H3,(H,21,25). The van der Waals surface area contributed by atoms with Crippen molar-refractivity contribution in [1.82, 2.24) is 14.8 Å². The summed E-state index contributed by atoms with van der Waals surface area (Å²) in [7, 11) is 0. The third kappa shape index (κ3) is 4.78. The molecule has 0 spiro atoms. The predicted molar refractivity (Wildman–Crippen MR) is 107 cm³/mol. The molecule has 0 atom stereocenters. The molecular formula is C19H27N5OS. The van der Waals surface area contributed by atoms with Crippen LogP contribution in [0.1, 0.15) is 45.6 Å². The van der Waals surface area contributed by atoms with Crippen molar-refractivity contribution in [3.8, 4) is 0 Å². The maximum absolute atomic E-state index is 12.5. The molecule has 1 aliphatic heterocycles. The zero-order valence-corrected chi connectivity index (χ0v) is 16.3. The quantitative estimate of drug-likeness (QED) is 0.776. The molecule has 1 aliphatic rings. The van der Waals surface area contributed by atoms with Crippen molar-refractivity contribution < 1.29 is 4.79 Å². The summed E-state index contributed by atoms with van der Waals surface area (Å²) < 4.78 is 1.98. The fraction of sp³-hybridized carbons (Fsp3) is 0.526. The van der Waals surface area contributed by atoms with E-state index in [2.05, 4.69) is 40.3 Å². The summed E-state index contributed by atoms with van der Waals surface area (Å²) in [5.41, 5.74) is 2.02. The summed E-state index contributed by atoms with van der Waals surface area (Å²) in [6, 6.07) is 8.37. The molecule has 1 aromatic carbocycles. The van der Waals surface area contributed by atoms with Gasteiger partial charge in [-0.2, -0.15) is 0 Å². The number of thioether (sulfide) groups is 1. The molecule has 0 radical (unpaired) electrons. The van der Waals surface area contributed by atoms with Crippen LogP contribution < -0.4 is 10.2 Å². The van der Waals surface area contributed by atoms with E-state index in [1.54, 1.807) is 6.33 Å². The van der Waals surface area contributed by atoms with E-state index >= 15 is 0 Å². The Morgan fingerprint density at radius 1 is 1.19 bits per heavy atom. The fourth-order valence-corrected chi connectivity index (χ4v) is 4.02. The molecule has 1 N–H and O–H groups in total. The van der Waals surface area contributed by atoms with Gasteiger partial charge in [-0.1, -0.05) is 36.7 Å². The second-order valence-electron chi connectivity index (χ2n) is 6.87. The van der Waals surface area contributed by atoms with Gasteiger partial charge in [0.05, 0.1) is 17.1 Å². The second kappa shape index (κ2) is 9.07. The van der Waals surface area contributed by atoms with Crippen LogP contribution in [0.25, 0.3) is 0 Å². The van der Waals surface area contributed by atoms with Crippen LogP contribution in [0.3, 0.4) is 0 Å². The van der Waals surface area contributed by atoms with Gasteiger partial charge >= 0.3 is 0 Å². The van der Waals surface area contributed by atoms with Gasteiger partial charge in [0.2, 0.25) is 5.91 Å². The Bertz CT molecular complexity index is 722. The van der Waals surface area contributed by atoms with Crippen LogP contribution in [0.15, 0.2) is 35.7 Å². The summed E-state index contributed by atoms with van der Waals surface area (Å²) >= 11 is 1.42. The highest BCUT2D eigenvalue weighted by Crippen LogP contribution is 2.28. The molecule has 3 rings (SSSR count). The molecule has 26 heavy (non-hydrogen) atoms. The maximum Gasteiger partial charge on any atom is 0.234 e. The SMILES string of the molecule is CC(C)n1cnnc1SCC(=O)Nc1ccccc1N1CCCCCC1. The molecule has 2 aromatic rings. The minimum atomic E-state index is -0.0180. The summed E-state index contributed by atoms with van der Waals surface area (Å²) in [6.45, 7) is 6.26. The van der Waals surface area contributed by atoms with Crippen molar-refractivity contribution in [3.05, 3.63) is 30.6 Å². The van der Waals surface area contributed by atoms with Crippen molar-refractivity contribution in [1.29, 1.82) is 0 Å². The Kier molecular flexibility index (Phi) is 6.55. The lowest BCUT2D eigenvalue weighted by Crippen LogP contribution is -2.26. The number of nitrogens with one attached hydrogen (secondary N) is 1. The first-order valence-electron chi connectivity index (χ1n) is 9.31. The average Bonchev–Trinajstić information content (AvgIpc) is 2.95. The molecule has 1 saturated heterocycles. The minimum Gasteiger partial charge on any atom is -0.370 e. The third-order valence-corrected chi connectivity index (χ3v) is 5.51. The molecule has 140 valence electrons. The Balaban J connectivity index is 1.63. The number of benzene rings is 1. The van der Waals surface area contributed by atoms with E-state index < -0.39 is 0 Å². The average molecular weight is 374 g/mol. The van der Waals surface area contributed by atoms with Gasteiger partial charge in [-0.15, -0.1) is 10.2 Å². The highest BCUT2D eigenvalue weighted by Gasteiger charge is 2.16. The summed E-state index contributed by atoms with van der Waals surface area (Å²) in [4.78, 5) is 14.9. The number of hydrogen-bond acceptors (Lipinski definition) is 5. The van der Waals surface area contributed by atoms with E-state index in [4.69, 9.17) is 0 Å². The van der Waals surface area contributed by atoms with Crippen molar-refractivity contribution in [2.24, 2.45) is 0 Å². The van der Waals surface area contributed by atoms with Gasteiger partial charge in [0, 0.05) is 19.1 Å². The smallest absolute Gasteiger partial charge is 0.234 e. The number of amides is 1. The lowest BCUT2D eigenvalue weighted by atomic mass is 10.2. The van der Waals surface area contributed by atoms with Crippen LogP contribution in [0, 0.1) is 0 Å². The Labute approximate surface area is 159 Å². The van der Waals surface area contributed by atoms with Crippen LogP contribution in [0.4, 0.5) is 11.4 Å². The highest BCUT2D eigenvalue weighted by atomic mass is 32.2. The first kappa shape index (κ1) is 18.8. The van der Waals surface area contributed by atoms with Crippen molar-refractivity contribution in [2.45, 2.75) is 50.7 Å². The highest BCUT2D eigenvalue weighted by molar-refractivity contribution is 7.99. The molecule has 0 aliphatic carbocycles. The van der Waals surface area contributed by atoms with E-state index in [1.807, 2.05) is 22.8 Å². The van der Waals surface area contributed by atoms with Crippen LogP contribution in [-0.2, 0) is 4.79 Å². The fourth-order valence-electron chi connectivity index (χ4n) is 3.17. The monoisotopic (exact) mass is 373 g/mol. The van der Waals surface area contributed by atoms with Gasteiger partial charge in [-0.25, -0.2) is 0 Å². The number of hydrogen-bond donors (Lipinski definition) is 1. The van der Waals surface area contributed by atoms with E-state index in [9.17, 15) is 4.79 Å². The topological polar surface area (TPSA) is 63.1 Å². The molecule has 2 heterocycles. The van der Waals surface area contributed by atoms with Crippen LogP contribution in [0.2, 0.25) is 0 Å². The van der Waals surface area contributed by atoms with Gasteiger partial charge in [0.1, 0.15) is 6.33 Å². The third-order valence-electron chi connectivity index (χ3n) is 4.55. The van der Waals surface area contributed by atoms with Gasteiger partial charge in [-0.3, -0.25) is 4.79 Å². The molecule has 1 aromatic heterocycles. The maximum atomic E-state index is 12.5. The van der Waals surface area contributed by atoms with Crippen LogP contribution in [0.5, 0.6) is 0 Å². The Hall–Kier alpha value is -2.02. The summed E-state index contributed by atoms with van der Waals surface area (Å²) in [5, 5.41) is 11.9. The Morgan fingerprint density at radius 3 is 2.65 bits per heavy atom. The minimum absolute atomic E-state index is 0.0180. The lowest BCUT2D eigenvalue weighted by molar-refractivity contribution is -0.113. The van der Waals surface area contributed by atoms with Crippen LogP contribution in [-0.4, -0.2) is 39.5 Å². The van der Waals surface area contributed by atoms with Gasteiger partial charge in [-0.05, 0) is 38.8 Å². The van der Waals surface area contributed by atoms with Gasteiger partial charge in [0.15, 0.2) is 5.16 Å². The van der Waals surface area contributed by atoms with Crippen molar-refractivity contribution in [3.63, 3.8) is 0 Å². The number of nitrogens with zero attached hydrogens (tertiary/aromatic N) is 4. The zero-order valence-electron chi connectivity index (χ0n) is 15.5. The van der Waals surface area contributed by atoms with Gasteiger partial charge in [0.25, 0.3) is 0 Å². The number of aromatic nitrogens is 3. The molecule has 0 saturated carbocycles.